The minimum absolute atomic E-state index is 0.173. The van der Waals surface area contributed by atoms with Gasteiger partial charge in [0, 0.05) is 23.8 Å². The van der Waals surface area contributed by atoms with E-state index in [0.29, 0.717) is 6.04 Å². The molecule has 2 unspecified atom stereocenters. The van der Waals surface area contributed by atoms with Gasteiger partial charge in [0.2, 0.25) is 0 Å². The Morgan fingerprint density at radius 1 is 1.24 bits per heavy atom. The van der Waals surface area contributed by atoms with E-state index in [-0.39, 0.29) is 12.1 Å². The lowest BCUT2D eigenvalue weighted by Crippen LogP contribution is -2.29. The van der Waals surface area contributed by atoms with Crippen LogP contribution in [0, 0.1) is 0 Å². The van der Waals surface area contributed by atoms with Crippen molar-refractivity contribution in [3.8, 4) is 0 Å². The molecular weight excluding hydrogens is 262 g/mol. The van der Waals surface area contributed by atoms with E-state index in [0.717, 1.165) is 38.6 Å². The molecule has 0 bridgehead atoms. The molecule has 2 N–H and O–H groups in total. The molecule has 0 radical (unpaired) electrons. The first-order valence-corrected chi connectivity index (χ1v) is 8.59. The Morgan fingerprint density at radius 2 is 1.95 bits per heavy atom. The second-order valence-corrected chi connectivity index (χ2v) is 6.48. The first-order chi connectivity index (χ1) is 10.1. The van der Waals surface area contributed by atoms with Crippen LogP contribution in [0.15, 0.2) is 0 Å². The molecule has 4 nitrogen and oxygen atoms in total. The molecule has 1 aliphatic rings. The predicted molar refractivity (Wildman–Crippen MR) is 86.5 cm³/mol. The predicted octanol–water partition coefficient (Wildman–Crippen LogP) is 2.98. The molecule has 1 aromatic rings. The second kappa shape index (κ2) is 7.41. The first-order valence-electron chi connectivity index (χ1n) is 8.59. The Bertz CT molecular complexity index is 453. The van der Waals surface area contributed by atoms with E-state index < -0.39 is 0 Å². The van der Waals surface area contributed by atoms with E-state index in [9.17, 15) is 5.11 Å². The molecule has 4 heteroatoms. The zero-order valence-corrected chi connectivity index (χ0v) is 14.0. The number of hydrogen-bond acceptors (Lipinski definition) is 3. The van der Waals surface area contributed by atoms with Crippen LogP contribution in [0.1, 0.15) is 76.4 Å². The van der Waals surface area contributed by atoms with Gasteiger partial charge in [0.15, 0.2) is 0 Å². The van der Waals surface area contributed by atoms with Crippen LogP contribution in [0.2, 0.25) is 0 Å². The number of nitrogens with one attached hydrogen (secondary N) is 1. The Hall–Kier alpha value is -0.870. The van der Waals surface area contributed by atoms with Crippen LogP contribution < -0.4 is 5.32 Å². The van der Waals surface area contributed by atoms with Crippen LogP contribution in [0.5, 0.6) is 0 Å². The van der Waals surface area contributed by atoms with E-state index >= 15 is 0 Å². The number of hydrogen-bond donors (Lipinski definition) is 2. The number of aryl methyl sites for hydroxylation is 1. The highest BCUT2D eigenvalue weighted by atomic mass is 16.3. The highest BCUT2D eigenvalue weighted by Crippen LogP contribution is 2.31. The molecular formula is C17H31N3O. The fraction of sp³-hybridized carbons (Fsp3) is 0.824. The number of nitrogens with zero attached hydrogens (tertiary/aromatic N) is 2. The summed E-state index contributed by atoms with van der Waals surface area (Å²) < 4.78 is 2.15. The summed E-state index contributed by atoms with van der Waals surface area (Å²) in [7, 11) is 0. The largest absolute Gasteiger partial charge is 0.391 e. The third-order valence-electron chi connectivity index (χ3n) is 4.57. The normalized spacial score (nSPS) is 23.0. The molecule has 1 heterocycles. The summed E-state index contributed by atoms with van der Waals surface area (Å²) in [6.45, 7) is 9.59. The summed E-state index contributed by atoms with van der Waals surface area (Å²) in [6, 6.07) is 0.648. The average molecular weight is 293 g/mol. The fourth-order valence-corrected chi connectivity index (χ4v) is 3.38. The lowest BCUT2D eigenvalue weighted by Gasteiger charge is -2.29. The van der Waals surface area contributed by atoms with Crippen molar-refractivity contribution in [1.82, 2.24) is 15.1 Å². The number of rotatable bonds is 6. The van der Waals surface area contributed by atoms with Crippen LogP contribution >= 0.6 is 0 Å². The zero-order valence-electron chi connectivity index (χ0n) is 14.0. The van der Waals surface area contributed by atoms with Gasteiger partial charge in [0.05, 0.1) is 17.8 Å². The summed E-state index contributed by atoms with van der Waals surface area (Å²) in [5, 5.41) is 18.7. The average Bonchev–Trinajstić information content (AvgIpc) is 2.83. The minimum Gasteiger partial charge on any atom is -0.391 e. The van der Waals surface area contributed by atoms with Crippen LogP contribution in [0.3, 0.4) is 0 Å². The molecule has 1 aromatic heterocycles. The zero-order chi connectivity index (χ0) is 15.4. The summed E-state index contributed by atoms with van der Waals surface area (Å²) in [5.41, 5.74) is 3.86. The van der Waals surface area contributed by atoms with Crippen molar-refractivity contribution in [2.24, 2.45) is 0 Å². The molecule has 2 rings (SSSR count). The van der Waals surface area contributed by atoms with Gasteiger partial charge in [-0.05, 0) is 25.7 Å². The van der Waals surface area contributed by atoms with Crippen molar-refractivity contribution in [1.29, 1.82) is 0 Å². The molecule has 1 fully saturated rings. The van der Waals surface area contributed by atoms with E-state index in [2.05, 4.69) is 37.7 Å². The van der Waals surface area contributed by atoms with E-state index in [1.54, 1.807) is 0 Å². The number of aliphatic hydroxyl groups excluding tert-OH is 1. The molecule has 21 heavy (non-hydrogen) atoms. The van der Waals surface area contributed by atoms with Gasteiger partial charge in [-0.2, -0.15) is 5.10 Å². The molecule has 0 spiro atoms. The van der Waals surface area contributed by atoms with Gasteiger partial charge in [-0.3, -0.25) is 4.68 Å². The topological polar surface area (TPSA) is 50.1 Å². The van der Waals surface area contributed by atoms with Crippen molar-refractivity contribution in [2.75, 3.05) is 0 Å². The van der Waals surface area contributed by atoms with Gasteiger partial charge in [-0.15, -0.1) is 0 Å². The van der Waals surface area contributed by atoms with E-state index in [1.807, 2.05) is 0 Å². The molecule has 0 aromatic carbocycles. The monoisotopic (exact) mass is 293 g/mol. The maximum Gasteiger partial charge on any atom is 0.0781 e. The number of aliphatic hydroxyl groups is 1. The Balaban J connectivity index is 2.32. The summed E-state index contributed by atoms with van der Waals surface area (Å²) in [4.78, 5) is 0. The van der Waals surface area contributed by atoms with Gasteiger partial charge < -0.3 is 10.4 Å². The molecule has 1 saturated carbocycles. The quantitative estimate of drug-likeness (QED) is 0.848. The molecule has 0 aliphatic heterocycles. The highest BCUT2D eigenvalue weighted by Gasteiger charge is 2.28. The maximum atomic E-state index is 10.4. The van der Waals surface area contributed by atoms with Crippen LogP contribution in [0.4, 0.5) is 0 Å². The summed E-state index contributed by atoms with van der Waals surface area (Å²) in [6.07, 6.45) is 6.00. The Labute approximate surface area is 128 Å². The molecule has 120 valence electrons. The smallest absolute Gasteiger partial charge is 0.0781 e. The number of aromatic nitrogens is 2. The van der Waals surface area contributed by atoms with Crippen LogP contribution in [-0.4, -0.2) is 27.0 Å². The van der Waals surface area contributed by atoms with E-state index in [4.69, 9.17) is 5.10 Å². The molecule has 0 amide bonds. The second-order valence-electron chi connectivity index (χ2n) is 6.48. The molecule has 1 aliphatic carbocycles. The van der Waals surface area contributed by atoms with Gasteiger partial charge in [-0.25, -0.2) is 0 Å². The van der Waals surface area contributed by atoms with Gasteiger partial charge >= 0.3 is 0 Å². The highest BCUT2D eigenvalue weighted by molar-refractivity contribution is 5.27. The van der Waals surface area contributed by atoms with Crippen molar-refractivity contribution in [3.05, 3.63) is 17.0 Å². The minimum atomic E-state index is -0.237. The fourth-order valence-electron chi connectivity index (χ4n) is 3.38. The van der Waals surface area contributed by atoms with E-state index in [1.165, 1.54) is 23.4 Å². The van der Waals surface area contributed by atoms with Gasteiger partial charge in [0.1, 0.15) is 0 Å². The van der Waals surface area contributed by atoms with Gasteiger partial charge in [0.25, 0.3) is 0 Å². The van der Waals surface area contributed by atoms with Gasteiger partial charge in [-0.1, -0.05) is 40.5 Å². The van der Waals surface area contributed by atoms with Crippen molar-refractivity contribution < 1.29 is 5.11 Å². The maximum absolute atomic E-state index is 10.4. The standard InChI is InChI=1S/C17H31N3O/c1-5-14-13(11-18-12(3)4)15(6-2)20(19-14)16-9-7-8-10-17(16)21/h12,16-18,21H,5-11H2,1-4H3. The Kier molecular flexibility index (Phi) is 5.82. The van der Waals surface area contributed by atoms with Crippen molar-refractivity contribution in [3.63, 3.8) is 0 Å². The lowest BCUT2D eigenvalue weighted by atomic mass is 9.92. The third kappa shape index (κ3) is 3.67. The summed E-state index contributed by atoms with van der Waals surface area (Å²) in [5.74, 6) is 0. The lowest BCUT2D eigenvalue weighted by molar-refractivity contribution is 0.0678. The van der Waals surface area contributed by atoms with Crippen molar-refractivity contribution in [2.45, 2.75) is 91.0 Å². The van der Waals surface area contributed by atoms with Crippen LogP contribution in [0.25, 0.3) is 0 Å². The summed E-state index contributed by atoms with van der Waals surface area (Å²) >= 11 is 0. The molecule has 0 saturated heterocycles. The first kappa shape index (κ1) is 16.5. The molecule has 2 atom stereocenters. The third-order valence-corrected chi connectivity index (χ3v) is 4.57. The van der Waals surface area contributed by atoms with Crippen molar-refractivity contribution >= 4 is 0 Å². The Morgan fingerprint density at radius 3 is 2.52 bits per heavy atom. The SMILES string of the molecule is CCc1nn(C2CCCCC2O)c(CC)c1CNC(C)C. The van der Waals surface area contributed by atoms with Crippen LogP contribution in [-0.2, 0) is 19.4 Å².